The highest BCUT2D eigenvalue weighted by Gasteiger charge is 2.11. The van der Waals surface area contributed by atoms with Crippen molar-refractivity contribution in [2.45, 2.75) is 13.0 Å². The Kier molecular flexibility index (Phi) is 4.45. The lowest BCUT2D eigenvalue weighted by Crippen LogP contribution is -1.96. The summed E-state index contributed by atoms with van der Waals surface area (Å²) in [4.78, 5) is 0. The Morgan fingerprint density at radius 2 is 2.00 bits per heavy atom. The molecule has 2 aromatic carbocycles. The van der Waals surface area contributed by atoms with Crippen LogP contribution in [0.1, 0.15) is 18.6 Å². The van der Waals surface area contributed by atoms with Crippen LogP contribution < -0.4 is 4.74 Å². The third-order valence-corrected chi connectivity index (χ3v) is 3.32. The molecule has 0 aromatic heterocycles. The van der Waals surface area contributed by atoms with E-state index in [1.54, 1.807) is 25.1 Å². The zero-order valence-electron chi connectivity index (χ0n) is 10.0. The molecule has 0 saturated heterocycles. The van der Waals surface area contributed by atoms with Crippen LogP contribution in [0.15, 0.2) is 40.9 Å². The lowest BCUT2D eigenvalue weighted by molar-refractivity contribution is 0.195. The maximum absolute atomic E-state index is 13.1. The van der Waals surface area contributed by atoms with Crippen LogP contribution in [0.25, 0.3) is 0 Å². The van der Waals surface area contributed by atoms with Crippen LogP contribution in [-0.4, -0.2) is 5.11 Å². The van der Waals surface area contributed by atoms with Crippen LogP contribution in [0.4, 0.5) is 4.39 Å². The summed E-state index contributed by atoms with van der Waals surface area (Å²) in [6, 6.07) is 9.40. The summed E-state index contributed by atoms with van der Waals surface area (Å²) >= 11 is 9.03. The normalized spacial score (nSPS) is 12.3. The summed E-state index contributed by atoms with van der Waals surface area (Å²) < 4.78 is 19.5. The van der Waals surface area contributed by atoms with Crippen molar-refractivity contribution >= 4 is 27.5 Å². The fraction of sp³-hybridized carbons (Fsp3) is 0.143. The van der Waals surface area contributed by atoms with Crippen molar-refractivity contribution in [2.75, 3.05) is 0 Å². The molecule has 2 aromatic rings. The Bertz CT molecular complexity index is 602. The minimum Gasteiger partial charge on any atom is -0.457 e. The predicted octanol–water partition coefficient (Wildman–Crippen LogP) is 5.09. The summed E-state index contributed by atoms with van der Waals surface area (Å²) in [7, 11) is 0. The molecule has 0 aliphatic rings. The molecule has 0 saturated carbocycles. The largest absolute Gasteiger partial charge is 0.457 e. The summed E-state index contributed by atoms with van der Waals surface area (Å²) in [6.07, 6.45) is -0.677. The minimum absolute atomic E-state index is 0.00629. The third-order valence-electron chi connectivity index (χ3n) is 2.54. The number of halogens is 3. The van der Waals surface area contributed by atoms with Crippen molar-refractivity contribution in [3.8, 4) is 11.5 Å². The van der Waals surface area contributed by atoms with Crippen molar-refractivity contribution in [1.82, 2.24) is 0 Å². The van der Waals surface area contributed by atoms with Gasteiger partial charge in [-0.05, 0) is 37.3 Å². The second-order valence-electron chi connectivity index (χ2n) is 4.04. The molecule has 0 aliphatic carbocycles. The van der Waals surface area contributed by atoms with Gasteiger partial charge in [-0.25, -0.2) is 4.39 Å². The number of rotatable bonds is 3. The molecule has 1 atom stereocenters. The number of hydrogen-bond donors (Lipinski definition) is 1. The van der Waals surface area contributed by atoms with Gasteiger partial charge in [-0.3, -0.25) is 0 Å². The zero-order valence-corrected chi connectivity index (χ0v) is 12.4. The van der Waals surface area contributed by atoms with Gasteiger partial charge in [0.1, 0.15) is 17.3 Å². The molecule has 0 heterocycles. The average molecular weight is 346 g/mol. The lowest BCUT2D eigenvalue weighted by Gasteiger charge is -2.14. The van der Waals surface area contributed by atoms with Crippen LogP contribution >= 0.6 is 27.5 Å². The van der Waals surface area contributed by atoms with Gasteiger partial charge in [0.15, 0.2) is 0 Å². The molecule has 0 fully saturated rings. The van der Waals surface area contributed by atoms with Crippen molar-refractivity contribution in [3.05, 3.63) is 57.3 Å². The van der Waals surface area contributed by atoms with E-state index >= 15 is 0 Å². The second-order valence-corrected chi connectivity index (χ2v) is 5.36. The summed E-state index contributed by atoms with van der Waals surface area (Å²) in [5, 5.41) is 9.71. The first-order chi connectivity index (χ1) is 8.97. The van der Waals surface area contributed by atoms with Gasteiger partial charge in [0, 0.05) is 16.1 Å². The van der Waals surface area contributed by atoms with E-state index in [1.807, 2.05) is 0 Å². The summed E-state index contributed by atoms with van der Waals surface area (Å²) in [5.41, 5.74) is 0.634. The van der Waals surface area contributed by atoms with Gasteiger partial charge in [0.05, 0.1) is 11.1 Å². The lowest BCUT2D eigenvalue weighted by atomic mass is 10.1. The van der Waals surface area contributed by atoms with E-state index in [0.29, 0.717) is 17.1 Å². The van der Waals surface area contributed by atoms with Crippen molar-refractivity contribution in [2.24, 2.45) is 0 Å². The molecule has 0 bridgehead atoms. The zero-order chi connectivity index (χ0) is 14.0. The van der Waals surface area contributed by atoms with Crippen molar-refractivity contribution in [1.29, 1.82) is 0 Å². The van der Waals surface area contributed by atoms with E-state index in [2.05, 4.69) is 15.9 Å². The predicted molar refractivity (Wildman–Crippen MR) is 76.3 cm³/mol. The highest BCUT2D eigenvalue weighted by molar-refractivity contribution is 9.10. The Labute approximate surface area is 123 Å². The van der Waals surface area contributed by atoms with Crippen molar-refractivity contribution in [3.63, 3.8) is 0 Å². The van der Waals surface area contributed by atoms with Crippen LogP contribution in [-0.2, 0) is 0 Å². The molecule has 19 heavy (non-hydrogen) atoms. The Hall–Kier alpha value is -1.10. The highest BCUT2D eigenvalue weighted by Crippen LogP contribution is 2.33. The van der Waals surface area contributed by atoms with E-state index in [0.717, 1.165) is 4.47 Å². The number of hydrogen-bond acceptors (Lipinski definition) is 2. The minimum atomic E-state index is -0.677. The molecule has 2 nitrogen and oxygen atoms in total. The maximum Gasteiger partial charge on any atom is 0.142 e. The number of ether oxygens (including phenoxy) is 1. The van der Waals surface area contributed by atoms with Gasteiger partial charge in [-0.15, -0.1) is 0 Å². The smallest absolute Gasteiger partial charge is 0.142 e. The standard InChI is InChI=1S/C14H11BrClFO2/c1-8(18)11-6-9(15)2-5-14(11)19-10-3-4-13(17)12(16)7-10/h2-8,18H,1H3. The maximum atomic E-state index is 13.1. The second kappa shape index (κ2) is 5.90. The highest BCUT2D eigenvalue weighted by atomic mass is 79.9. The SMILES string of the molecule is CC(O)c1cc(Br)ccc1Oc1ccc(F)c(Cl)c1. The quantitative estimate of drug-likeness (QED) is 0.840. The molecule has 0 radical (unpaired) electrons. The first-order valence-electron chi connectivity index (χ1n) is 5.58. The molecule has 5 heteroatoms. The van der Waals surface area contributed by atoms with E-state index in [1.165, 1.54) is 18.2 Å². The van der Waals surface area contributed by atoms with Gasteiger partial charge in [0.25, 0.3) is 0 Å². The molecular formula is C14H11BrClFO2. The first kappa shape index (κ1) is 14.3. The van der Waals surface area contributed by atoms with Gasteiger partial charge in [-0.2, -0.15) is 0 Å². The molecule has 2 rings (SSSR count). The van der Waals surface area contributed by atoms with Crippen LogP contribution in [0.3, 0.4) is 0 Å². The summed E-state index contributed by atoms with van der Waals surface area (Å²) in [5.74, 6) is 0.414. The van der Waals surface area contributed by atoms with Crippen LogP contribution in [0.5, 0.6) is 11.5 Å². The van der Waals surface area contributed by atoms with Crippen LogP contribution in [0.2, 0.25) is 5.02 Å². The summed E-state index contributed by atoms with van der Waals surface area (Å²) in [6.45, 7) is 1.65. The molecule has 100 valence electrons. The molecule has 0 amide bonds. The van der Waals surface area contributed by atoms with Gasteiger partial charge in [-0.1, -0.05) is 27.5 Å². The average Bonchev–Trinajstić information content (AvgIpc) is 2.36. The van der Waals surface area contributed by atoms with Gasteiger partial charge < -0.3 is 9.84 Å². The fourth-order valence-electron chi connectivity index (χ4n) is 1.61. The molecule has 1 unspecified atom stereocenters. The number of aliphatic hydroxyl groups excluding tert-OH is 1. The molecule has 1 N–H and O–H groups in total. The van der Waals surface area contributed by atoms with Gasteiger partial charge in [0.2, 0.25) is 0 Å². The fourth-order valence-corrected chi connectivity index (χ4v) is 2.16. The topological polar surface area (TPSA) is 29.5 Å². The van der Waals surface area contributed by atoms with E-state index in [9.17, 15) is 9.50 Å². The third kappa shape index (κ3) is 3.47. The molecular weight excluding hydrogens is 335 g/mol. The molecule has 0 spiro atoms. The Morgan fingerprint density at radius 3 is 2.63 bits per heavy atom. The Balaban J connectivity index is 2.35. The van der Waals surface area contributed by atoms with Crippen molar-refractivity contribution < 1.29 is 14.2 Å². The van der Waals surface area contributed by atoms with E-state index in [-0.39, 0.29) is 5.02 Å². The van der Waals surface area contributed by atoms with Crippen LogP contribution in [0, 0.1) is 5.82 Å². The number of aliphatic hydroxyl groups is 1. The van der Waals surface area contributed by atoms with E-state index in [4.69, 9.17) is 16.3 Å². The first-order valence-corrected chi connectivity index (χ1v) is 6.75. The molecule has 0 aliphatic heterocycles. The van der Waals surface area contributed by atoms with Gasteiger partial charge >= 0.3 is 0 Å². The van der Waals surface area contributed by atoms with E-state index < -0.39 is 11.9 Å². The monoisotopic (exact) mass is 344 g/mol. The Morgan fingerprint density at radius 1 is 1.26 bits per heavy atom. The number of benzene rings is 2.